The zero-order chi connectivity index (χ0) is 32.3. The molecule has 0 radical (unpaired) electrons. The van der Waals surface area contributed by atoms with Gasteiger partial charge in [0.15, 0.2) is 6.61 Å². The molecule has 14 heteroatoms. The number of carbonyl (C=O) groups excluding carboxylic acids is 3. The molecule has 2 aromatic carbocycles. The van der Waals surface area contributed by atoms with Gasteiger partial charge in [-0.2, -0.15) is 13.2 Å². The third kappa shape index (κ3) is 7.46. The van der Waals surface area contributed by atoms with Gasteiger partial charge in [0.2, 0.25) is 15.9 Å². The lowest BCUT2D eigenvalue weighted by molar-refractivity contribution is -0.139. The Balaban J connectivity index is 1.39. The Morgan fingerprint density at radius 1 is 1.14 bits per heavy atom. The summed E-state index contributed by atoms with van der Waals surface area (Å²) in [5.41, 5.74) is 0.0149. The lowest BCUT2D eigenvalue weighted by Gasteiger charge is -2.34. The van der Waals surface area contributed by atoms with E-state index in [2.05, 4.69) is 22.3 Å². The average Bonchev–Trinajstić information content (AvgIpc) is 3.27. The van der Waals surface area contributed by atoms with Crippen LogP contribution in [0, 0.1) is 18.9 Å². The van der Waals surface area contributed by atoms with Gasteiger partial charge in [0.25, 0.3) is 5.91 Å². The molecule has 1 spiro atoms. The number of sulfonamides is 1. The summed E-state index contributed by atoms with van der Waals surface area (Å²) in [4.78, 5) is 41.5. The van der Waals surface area contributed by atoms with E-state index in [4.69, 9.17) is 4.74 Å². The van der Waals surface area contributed by atoms with E-state index in [1.807, 2.05) is 0 Å². The number of benzene rings is 2. The Hall–Kier alpha value is -4.22. The second kappa shape index (κ2) is 12.8. The molecule has 2 heterocycles. The molecule has 0 saturated carbocycles. The second-order valence-electron chi connectivity index (χ2n) is 10.5. The molecule has 0 bridgehead atoms. The minimum absolute atomic E-state index is 0.0344. The number of nitrogens with one attached hydrogen (secondary N) is 1. The molecule has 0 unspecified atom stereocenters. The van der Waals surface area contributed by atoms with E-state index in [0.29, 0.717) is 5.69 Å². The van der Waals surface area contributed by atoms with Crippen LogP contribution >= 0.6 is 0 Å². The number of amidine groups is 1. The minimum Gasteiger partial charge on any atom is -0.453 e. The molecule has 0 aliphatic carbocycles. The van der Waals surface area contributed by atoms with E-state index in [9.17, 15) is 36.0 Å². The van der Waals surface area contributed by atoms with Crippen LogP contribution in [0.1, 0.15) is 48.9 Å². The predicted octanol–water partition coefficient (Wildman–Crippen LogP) is 3.17. The summed E-state index contributed by atoms with van der Waals surface area (Å²) in [7, 11) is -3.71. The molecule has 1 fully saturated rings. The quantitative estimate of drug-likeness (QED) is 0.284. The Morgan fingerprint density at radius 3 is 2.45 bits per heavy atom. The number of halogens is 3. The Labute approximate surface area is 253 Å². The lowest BCUT2D eigenvalue weighted by Crippen LogP contribution is -2.50. The van der Waals surface area contributed by atoms with Gasteiger partial charge < -0.3 is 10.1 Å². The van der Waals surface area contributed by atoms with E-state index in [1.54, 1.807) is 25.1 Å². The van der Waals surface area contributed by atoms with Crippen molar-refractivity contribution >= 4 is 39.3 Å². The summed E-state index contributed by atoms with van der Waals surface area (Å²) >= 11 is 0. The molecule has 234 valence electrons. The van der Waals surface area contributed by atoms with Gasteiger partial charge in [-0.3, -0.25) is 19.4 Å². The number of hydrogen-bond acceptors (Lipinski definition) is 7. The van der Waals surface area contributed by atoms with Crippen LogP contribution in [-0.2, 0) is 41.7 Å². The molecular weight excluding hydrogens is 601 g/mol. The SMILES string of the molecule is CC(=O)OCC#CN(C(C)=O)c1ccc(CCS(=O)(=O)N2CCC3(CC2)N=C(c2cccc(C(F)(F)F)c2)NC3=O)c(C)c1. The first-order valence-corrected chi connectivity index (χ1v) is 15.3. The van der Waals surface area contributed by atoms with Gasteiger partial charge in [0.1, 0.15) is 11.4 Å². The summed E-state index contributed by atoms with van der Waals surface area (Å²) in [6.45, 7) is 4.28. The molecule has 1 saturated heterocycles. The van der Waals surface area contributed by atoms with Gasteiger partial charge in [0, 0.05) is 38.5 Å². The first-order valence-electron chi connectivity index (χ1n) is 13.7. The summed E-state index contributed by atoms with van der Waals surface area (Å²) in [6, 6.07) is 12.3. The van der Waals surface area contributed by atoms with Crippen LogP contribution in [0.4, 0.5) is 18.9 Å². The maximum absolute atomic E-state index is 13.2. The summed E-state index contributed by atoms with van der Waals surface area (Å²) < 4.78 is 72.0. The van der Waals surface area contributed by atoms with E-state index in [1.165, 1.54) is 35.2 Å². The van der Waals surface area contributed by atoms with Gasteiger partial charge in [-0.1, -0.05) is 18.2 Å². The van der Waals surface area contributed by atoms with Crippen LogP contribution in [-0.4, -0.2) is 67.3 Å². The molecule has 2 aliphatic rings. The summed E-state index contributed by atoms with van der Waals surface area (Å²) in [6.07, 6.45) is -4.16. The number of amides is 2. The monoisotopic (exact) mass is 632 g/mol. The molecule has 44 heavy (non-hydrogen) atoms. The van der Waals surface area contributed by atoms with Crippen molar-refractivity contribution in [2.75, 3.05) is 30.3 Å². The zero-order valence-corrected chi connectivity index (χ0v) is 25.1. The highest BCUT2D eigenvalue weighted by molar-refractivity contribution is 7.89. The van der Waals surface area contributed by atoms with Crippen LogP contribution < -0.4 is 10.2 Å². The molecule has 0 atom stereocenters. The van der Waals surface area contributed by atoms with Gasteiger partial charge >= 0.3 is 12.1 Å². The number of aryl methyl sites for hydroxylation is 2. The van der Waals surface area contributed by atoms with Crippen molar-refractivity contribution in [3.8, 4) is 12.0 Å². The van der Waals surface area contributed by atoms with Crippen LogP contribution in [0.25, 0.3) is 0 Å². The Morgan fingerprint density at radius 2 is 1.84 bits per heavy atom. The first kappa shape index (κ1) is 32.7. The van der Waals surface area contributed by atoms with Crippen LogP contribution in [0.2, 0.25) is 0 Å². The molecule has 10 nitrogen and oxygen atoms in total. The van der Waals surface area contributed by atoms with Crippen LogP contribution in [0.5, 0.6) is 0 Å². The number of alkyl halides is 3. The second-order valence-corrected chi connectivity index (χ2v) is 12.6. The number of rotatable bonds is 7. The third-order valence-electron chi connectivity index (χ3n) is 7.45. The highest BCUT2D eigenvalue weighted by Gasteiger charge is 2.47. The first-order chi connectivity index (χ1) is 20.6. The predicted molar refractivity (Wildman–Crippen MR) is 156 cm³/mol. The standard InChI is InChI=1S/C30H31F3N4O6S/c1-20-18-26(37(21(2)38)13-5-16-43-22(3)39)9-8-23(20)10-17-44(41,42)36-14-11-29(12-15-36)28(40)34-27(35-29)24-6-4-7-25(19-24)30(31,32)33/h4,6-9,18-19H,10-12,14-17H2,1-3H3,(H,34,35,40). The highest BCUT2D eigenvalue weighted by Crippen LogP contribution is 2.34. The Bertz CT molecular complexity index is 1670. The van der Waals surface area contributed by atoms with Crippen molar-refractivity contribution < 1.29 is 40.7 Å². The van der Waals surface area contributed by atoms with Gasteiger partial charge in [-0.25, -0.2) is 17.6 Å². The molecular formula is C30H31F3N4O6S. The Kier molecular flexibility index (Phi) is 9.50. The third-order valence-corrected chi connectivity index (χ3v) is 9.33. The van der Waals surface area contributed by atoms with Crippen molar-refractivity contribution in [1.29, 1.82) is 0 Å². The number of nitrogens with zero attached hydrogens (tertiary/aromatic N) is 3. The summed E-state index contributed by atoms with van der Waals surface area (Å²) in [5, 5.41) is 2.58. The molecule has 2 aromatic rings. The molecule has 2 aliphatic heterocycles. The fourth-order valence-electron chi connectivity index (χ4n) is 5.01. The number of carbonyl (C=O) groups is 3. The molecule has 1 N–H and O–H groups in total. The smallest absolute Gasteiger partial charge is 0.416 e. The topological polar surface area (TPSA) is 125 Å². The van der Waals surface area contributed by atoms with Crippen LogP contribution in [0.3, 0.4) is 0 Å². The van der Waals surface area contributed by atoms with Crippen molar-refractivity contribution in [2.24, 2.45) is 4.99 Å². The van der Waals surface area contributed by atoms with Crippen molar-refractivity contribution in [3.63, 3.8) is 0 Å². The zero-order valence-electron chi connectivity index (χ0n) is 24.3. The fraction of sp³-hybridized carbons (Fsp3) is 0.400. The maximum atomic E-state index is 13.2. The largest absolute Gasteiger partial charge is 0.453 e. The van der Waals surface area contributed by atoms with Crippen LogP contribution in [0.15, 0.2) is 47.5 Å². The van der Waals surface area contributed by atoms with Crippen molar-refractivity contribution in [2.45, 2.75) is 51.7 Å². The van der Waals surface area contributed by atoms with E-state index in [-0.39, 0.29) is 62.0 Å². The average molecular weight is 633 g/mol. The highest BCUT2D eigenvalue weighted by atomic mass is 32.2. The molecule has 4 rings (SSSR count). The van der Waals surface area contributed by atoms with Crippen molar-refractivity contribution in [3.05, 3.63) is 64.7 Å². The van der Waals surface area contributed by atoms with Gasteiger partial charge in [-0.05, 0) is 67.5 Å². The summed E-state index contributed by atoms with van der Waals surface area (Å²) in [5.74, 6) is 1.15. The number of piperidine rings is 1. The maximum Gasteiger partial charge on any atom is 0.416 e. The molecule has 2 amide bonds. The number of ether oxygens (including phenoxy) is 1. The van der Waals surface area contributed by atoms with Gasteiger partial charge in [-0.15, -0.1) is 0 Å². The van der Waals surface area contributed by atoms with Gasteiger partial charge in [0.05, 0.1) is 17.0 Å². The normalized spacial score (nSPS) is 16.5. The number of aliphatic imine (C=N–C) groups is 1. The van der Waals surface area contributed by atoms with Crippen molar-refractivity contribution in [1.82, 2.24) is 9.62 Å². The van der Waals surface area contributed by atoms with E-state index < -0.39 is 39.2 Å². The number of hydrogen-bond donors (Lipinski definition) is 1. The molecule has 0 aromatic heterocycles. The minimum atomic E-state index is -4.55. The number of esters is 1. The fourth-order valence-corrected chi connectivity index (χ4v) is 6.49. The number of anilines is 1. The van der Waals surface area contributed by atoms with E-state index >= 15 is 0 Å². The van der Waals surface area contributed by atoms with E-state index in [0.717, 1.165) is 23.3 Å². The lowest BCUT2D eigenvalue weighted by atomic mass is 9.89.